The third-order valence-corrected chi connectivity index (χ3v) is 2.91. The number of likely N-dealkylation sites (tertiary alicyclic amines) is 1. The first-order chi connectivity index (χ1) is 7.70. The average Bonchev–Trinajstić information content (AvgIpc) is 2.42. The maximum atomic E-state index is 12.3. The molecule has 0 spiro atoms. The number of nitrogens with zero attached hydrogens (tertiary/aromatic N) is 1. The molecule has 0 N–H and O–H groups in total. The third kappa shape index (κ3) is 4.44. The Bertz CT molecular complexity index is 245. The van der Waals surface area contributed by atoms with Gasteiger partial charge in [0, 0.05) is 6.54 Å². The predicted molar refractivity (Wildman–Crippen MR) is 57.6 cm³/mol. The van der Waals surface area contributed by atoms with Crippen LogP contribution in [0.5, 0.6) is 0 Å². The lowest BCUT2D eigenvalue weighted by Gasteiger charge is -2.31. The number of halogens is 3. The van der Waals surface area contributed by atoms with Crippen molar-refractivity contribution in [3.63, 3.8) is 0 Å². The summed E-state index contributed by atoms with van der Waals surface area (Å²) in [5, 5.41) is 0. The summed E-state index contributed by atoms with van der Waals surface area (Å²) >= 11 is 0. The molecule has 0 bridgehead atoms. The summed E-state index contributed by atoms with van der Waals surface area (Å²) in [5.74, 6) is 0. The van der Waals surface area contributed by atoms with Gasteiger partial charge in [0.05, 0.1) is 24.4 Å². The van der Waals surface area contributed by atoms with Gasteiger partial charge in [-0.15, -0.1) is 13.2 Å². The minimum absolute atomic E-state index is 0.00876. The van der Waals surface area contributed by atoms with Crippen LogP contribution in [-0.2, 0) is 9.47 Å². The molecular weight excluding hydrogens is 235 g/mol. The van der Waals surface area contributed by atoms with Gasteiger partial charge in [-0.05, 0) is 34.2 Å². The molecule has 0 aromatic carbocycles. The average molecular weight is 255 g/mol. The van der Waals surface area contributed by atoms with Crippen molar-refractivity contribution < 1.29 is 22.6 Å². The zero-order chi connectivity index (χ0) is 13.2. The van der Waals surface area contributed by atoms with E-state index in [1.165, 1.54) is 0 Å². The molecule has 0 amide bonds. The van der Waals surface area contributed by atoms with Crippen molar-refractivity contribution >= 4 is 0 Å². The minimum Gasteiger partial charge on any atom is -0.374 e. The molecule has 1 saturated heterocycles. The quantitative estimate of drug-likeness (QED) is 0.770. The monoisotopic (exact) mass is 255 g/mol. The van der Waals surface area contributed by atoms with Crippen LogP contribution < -0.4 is 0 Å². The summed E-state index contributed by atoms with van der Waals surface area (Å²) in [6, 6.07) is -0.348. The van der Waals surface area contributed by atoms with Crippen LogP contribution in [-0.4, -0.2) is 49.2 Å². The third-order valence-electron chi connectivity index (χ3n) is 2.91. The summed E-state index contributed by atoms with van der Waals surface area (Å²) in [4.78, 5) is 1.86. The summed E-state index contributed by atoms with van der Waals surface area (Å²) < 4.78 is 46.5. The Morgan fingerprint density at radius 1 is 1.24 bits per heavy atom. The van der Waals surface area contributed by atoms with E-state index in [-0.39, 0.29) is 18.2 Å². The van der Waals surface area contributed by atoms with Crippen molar-refractivity contribution in [2.45, 2.75) is 57.9 Å². The first-order valence-corrected chi connectivity index (χ1v) is 5.81. The molecule has 0 aromatic rings. The number of likely N-dealkylation sites (N-methyl/N-ethyl adjacent to an activating group) is 1. The van der Waals surface area contributed by atoms with Gasteiger partial charge in [0.25, 0.3) is 0 Å². The Morgan fingerprint density at radius 3 is 2.29 bits per heavy atom. The van der Waals surface area contributed by atoms with Crippen LogP contribution in [0, 0.1) is 0 Å². The van der Waals surface area contributed by atoms with E-state index in [0.29, 0.717) is 13.0 Å². The highest BCUT2D eigenvalue weighted by Gasteiger charge is 2.44. The summed E-state index contributed by atoms with van der Waals surface area (Å²) in [5.41, 5.74) is 0. The van der Waals surface area contributed by atoms with E-state index < -0.39 is 12.5 Å². The molecule has 17 heavy (non-hydrogen) atoms. The fraction of sp³-hybridized carbons (Fsp3) is 1.00. The standard InChI is InChI=1S/C11H20F3NO2/c1-7(2)16-8(3)10-9(5-6-15(10)4)17-11(12,13)14/h7-10H,5-6H2,1-4H3/t8?,9-,10?/m0/s1. The highest BCUT2D eigenvalue weighted by Crippen LogP contribution is 2.30. The first-order valence-electron chi connectivity index (χ1n) is 5.81. The van der Waals surface area contributed by atoms with E-state index in [0.717, 1.165) is 0 Å². The zero-order valence-electron chi connectivity index (χ0n) is 10.6. The Labute approximate surface area is 99.9 Å². The van der Waals surface area contributed by atoms with Crippen LogP contribution >= 0.6 is 0 Å². The van der Waals surface area contributed by atoms with Crippen LogP contribution in [0.4, 0.5) is 13.2 Å². The first kappa shape index (κ1) is 14.7. The molecule has 3 atom stereocenters. The number of hydrogen-bond acceptors (Lipinski definition) is 3. The van der Waals surface area contributed by atoms with Gasteiger partial charge in [0.2, 0.25) is 0 Å². The molecule has 1 heterocycles. The lowest BCUT2D eigenvalue weighted by molar-refractivity contribution is -0.346. The molecule has 0 radical (unpaired) electrons. The molecule has 1 rings (SSSR count). The SMILES string of the molecule is CC(C)OC(C)C1[C@@H](OC(F)(F)F)CCN1C. The fourth-order valence-corrected chi connectivity index (χ4v) is 2.41. The van der Waals surface area contributed by atoms with Gasteiger partial charge in [-0.3, -0.25) is 9.64 Å². The Balaban J connectivity index is 2.64. The molecule has 3 nitrogen and oxygen atoms in total. The Morgan fingerprint density at radius 2 is 1.82 bits per heavy atom. The van der Waals surface area contributed by atoms with E-state index in [2.05, 4.69) is 4.74 Å². The lowest BCUT2D eigenvalue weighted by Crippen LogP contribution is -2.46. The topological polar surface area (TPSA) is 21.7 Å². The van der Waals surface area contributed by atoms with E-state index in [4.69, 9.17) is 4.74 Å². The molecule has 1 fully saturated rings. The number of alkyl halides is 3. The van der Waals surface area contributed by atoms with E-state index in [9.17, 15) is 13.2 Å². The van der Waals surface area contributed by atoms with Crippen LogP contribution in [0.3, 0.4) is 0 Å². The van der Waals surface area contributed by atoms with Gasteiger partial charge < -0.3 is 4.74 Å². The summed E-state index contributed by atoms with van der Waals surface area (Å²) in [6.45, 7) is 6.12. The predicted octanol–water partition coefficient (Wildman–Crippen LogP) is 2.41. The number of rotatable bonds is 4. The molecule has 6 heteroatoms. The van der Waals surface area contributed by atoms with Gasteiger partial charge in [-0.25, -0.2) is 0 Å². The van der Waals surface area contributed by atoms with Crippen LogP contribution in [0.15, 0.2) is 0 Å². The van der Waals surface area contributed by atoms with E-state index in [1.54, 1.807) is 14.0 Å². The van der Waals surface area contributed by atoms with Crippen molar-refractivity contribution in [1.82, 2.24) is 4.90 Å². The molecule has 1 aliphatic heterocycles. The molecule has 1 aliphatic rings. The molecule has 0 saturated carbocycles. The lowest BCUT2D eigenvalue weighted by atomic mass is 10.1. The second-order valence-corrected chi connectivity index (χ2v) is 4.75. The second kappa shape index (κ2) is 5.54. The Hall–Kier alpha value is -0.330. The summed E-state index contributed by atoms with van der Waals surface area (Å²) in [6.07, 6.45) is -5.33. The Kier molecular flexibility index (Phi) is 4.80. The second-order valence-electron chi connectivity index (χ2n) is 4.75. The maximum Gasteiger partial charge on any atom is 0.522 e. The molecular formula is C11H20F3NO2. The fourth-order valence-electron chi connectivity index (χ4n) is 2.41. The maximum absolute atomic E-state index is 12.3. The van der Waals surface area contributed by atoms with Crippen LogP contribution in [0.1, 0.15) is 27.2 Å². The van der Waals surface area contributed by atoms with Crippen LogP contribution in [0.2, 0.25) is 0 Å². The molecule has 102 valence electrons. The molecule has 0 aromatic heterocycles. The zero-order valence-corrected chi connectivity index (χ0v) is 10.6. The van der Waals surface area contributed by atoms with Crippen molar-refractivity contribution in [1.29, 1.82) is 0 Å². The van der Waals surface area contributed by atoms with Gasteiger partial charge in [0.1, 0.15) is 0 Å². The van der Waals surface area contributed by atoms with Crippen molar-refractivity contribution in [2.75, 3.05) is 13.6 Å². The highest BCUT2D eigenvalue weighted by molar-refractivity contribution is 4.91. The van der Waals surface area contributed by atoms with Crippen LogP contribution in [0.25, 0.3) is 0 Å². The summed E-state index contributed by atoms with van der Waals surface area (Å²) in [7, 11) is 1.80. The van der Waals surface area contributed by atoms with Gasteiger partial charge in [-0.1, -0.05) is 0 Å². The molecule has 2 unspecified atom stereocenters. The van der Waals surface area contributed by atoms with Crippen molar-refractivity contribution in [2.24, 2.45) is 0 Å². The van der Waals surface area contributed by atoms with Gasteiger partial charge >= 0.3 is 6.36 Å². The highest BCUT2D eigenvalue weighted by atomic mass is 19.4. The normalized spacial score (nSPS) is 28.9. The molecule has 0 aliphatic carbocycles. The largest absolute Gasteiger partial charge is 0.522 e. The smallest absolute Gasteiger partial charge is 0.374 e. The number of hydrogen-bond donors (Lipinski definition) is 0. The van der Waals surface area contributed by atoms with Gasteiger partial charge in [0.15, 0.2) is 0 Å². The minimum atomic E-state index is -4.58. The van der Waals surface area contributed by atoms with Gasteiger partial charge in [-0.2, -0.15) is 0 Å². The van der Waals surface area contributed by atoms with E-state index >= 15 is 0 Å². The number of ether oxygens (including phenoxy) is 2. The van der Waals surface area contributed by atoms with Crippen molar-refractivity contribution in [3.8, 4) is 0 Å². The van der Waals surface area contributed by atoms with Crippen molar-refractivity contribution in [3.05, 3.63) is 0 Å². The van der Waals surface area contributed by atoms with E-state index in [1.807, 2.05) is 18.7 Å².